The van der Waals surface area contributed by atoms with Gasteiger partial charge in [-0.15, -0.1) is 0 Å². The molecule has 1 atom stereocenters. The topological polar surface area (TPSA) is 41.6 Å². The number of nitrogens with zero attached hydrogens (tertiary/aromatic N) is 1. The van der Waals surface area contributed by atoms with Gasteiger partial charge >= 0.3 is 6.09 Å². The minimum absolute atomic E-state index is 0.223. The Morgan fingerprint density at radius 3 is 3.11 bits per heavy atom. The minimum Gasteiger partial charge on any atom is -0.439 e. The van der Waals surface area contributed by atoms with Crippen LogP contribution in [0.1, 0.15) is 12.0 Å². The molecule has 18 heavy (non-hydrogen) atoms. The molecule has 96 valence electrons. The van der Waals surface area contributed by atoms with E-state index in [1.54, 1.807) is 4.90 Å². The van der Waals surface area contributed by atoms with Crippen molar-refractivity contribution in [1.82, 2.24) is 10.2 Å². The van der Waals surface area contributed by atoms with Gasteiger partial charge in [0.05, 0.1) is 6.54 Å². The maximum absolute atomic E-state index is 11.9. The van der Waals surface area contributed by atoms with Crippen LogP contribution in [0.2, 0.25) is 5.02 Å². The molecular formula is C13H15ClN2O2. The highest BCUT2D eigenvalue weighted by molar-refractivity contribution is 6.30. The smallest absolute Gasteiger partial charge is 0.410 e. The molecule has 2 aliphatic rings. The molecule has 1 unspecified atom stereocenters. The summed E-state index contributed by atoms with van der Waals surface area (Å²) in [5.41, 5.74) is 0.720. The van der Waals surface area contributed by atoms with Crippen LogP contribution in [0.15, 0.2) is 24.3 Å². The van der Waals surface area contributed by atoms with Crippen molar-refractivity contribution in [3.05, 3.63) is 34.9 Å². The van der Waals surface area contributed by atoms with Crippen molar-refractivity contribution in [1.29, 1.82) is 0 Å². The molecule has 2 fully saturated rings. The molecule has 0 saturated carbocycles. The van der Waals surface area contributed by atoms with Gasteiger partial charge in [0.15, 0.2) is 0 Å². The number of amides is 1. The van der Waals surface area contributed by atoms with E-state index in [9.17, 15) is 4.79 Å². The first kappa shape index (κ1) is 11.8. The number of carbonyl (C=O) groups is 1. The van der Waals surface area contributed by atoms with Gasteiger partial charge in [-0.3, -0.25) is 4.90 Å². The van der Waals surface area contributed by atoms with E-state index >= 15 is 0 Å². The fourth-order valence-electron chi connectivity index (χ4n) is 2.61. The SMILES string of the molecule is O=C1OC2(CCNC2)CN1Cc1cccc(Cl)c1. The second-order valence-electron chi connectivity index (χ2n) is 4.96. The minimum atomic E-state index is -0.310. The lowest BCUT2D eigenvalue weighted by atomic mass is 10.0. The van der Waals surface area contributed by atoms with Crippen molar-refractivity contribution in [2.75, 3.05) is 19.6 Å². The molecule has 1 amide bonds. The molecule has 2 saturated heterocycles. The largest absolute Gasteiger partial charge is 0.439 e. The molecule has 4 nitrogen and oxygen atoms in total. The summed E-state index contributed by atoms with van der Waals surface area (Å²) in [6, 6.07) is 7.57. The van der Waals surface area contributed by atoms with Crippen molar-refractivity contribution < 1.29 is 9.53 Å². The molecule has 1 aromatic rings. The summed E-state index contributed by atoms with van der Waals surface area (Å²) >= 11 is 5.94. The van der Waals surface area contributed by atoms with E-state index in [1.165, 1.54) is 0 Å². The fourth-order valence-corrected chi connectivity index (χ4v) is 2.83. The summed E-state index contributed by atoms with van der Waals surface area (Å²) in [6.45, 7) is 2.88. The molecule has 5 heteroatoms. The molecular weight excluding hydrogens is 252 g/mol. The monoisotopic (exact) mass is 266 g/mol. The zero-order chi connectivity index (χ0) is 12.6. The van der Waals surface area contributed by atoms with Crippen LogP contribution in [0.3, 0.4) is 0 Å². The molecule has 0 bridgehead atoms. The molecule has 2 aliphatic heterocycles. The van der Waals surface area contributed by atoms with Gasteiger partial charge in [0.2, 0.25) is 0 Å². The van der Waals surface area contributed by atoms with Gasteiger partial charge in [-0.25, -0.2) is 4.79 Å². The third-order valence-electron chi connectivity index (χ3n) is 3.51. The first-order valence-electron chi connectivity index (χ1n) is 6.10. The highest BCUT2D eigenvalue weighted by Gasteiger charge is 2.46. The van der Waals surface area contributed by atoms with Crippen molar-refractivity contribution in [2.24, 2.45) is 0 Å². The number of hydrogen-bond donors (Lipinski definition) is 1. The van der Waals surface area contributed by atoms with Crippen molar-refractivity contribution in [3.8, 4) is 0 Å². The van der Waals surface area contributed by atoms with Gasteiger partial charge in [0.1, 0.15) is 5.60 Å². The Labute approximate surface area is 111 Å². The summed E-state index contributed by atoms with van der Waals surface area (Å²) in [4.78, 5) is 13.6. The van der Waals surface area contributed by atoms with Gasteiger partial charge in [0.25, 0.3) is 0 Å². The number of nitrogens with one attached hydrogen (secondary N) is 1. The van der Waals surface area contributed by atoms with Crippen LogP contribution in [0, 0.1) is 0 Å². The molecule has 3 rings (SSSR count). The molecule has 1 spiro atoms. The molecule has 0 aromatic heterocycles. The number of ether oxygens (including phenoxy) is 1. The van der Waals surface area contributed by atoms with E-state index in [1.807, 2.05) is 24.3 Å². The predicted molar refractivity (Wildman–Crippen MR) is 68.6 cm³/mol. The summed E-state index contributed by atoms with van der Waals surface area (Å²) in [7, 11) is 0. The van der Waals surface area contributed by atoms with Crippen LogP contribution in [0.5, 0.6) is 0 Å². The Hall–Kier alpha value is -1.26. The highest BCUT2D eigenvalue weighted by Crippen LogP contribution is 2.29. The van der Waals surface area contributed by atoms with Gasteiger partial charge in [0, 0.05) is 24.5 Å². The molecule has 1 aromatic carbocycles. The summed E-state index contributed by atoms with van der Waals surface area (Å²) in [5.74, 6) is 0. The van der Waals surface area contributed by atoms with Gasteiger partial charge < -0.3 is 10.1 Å². The van der Waals surface area contributed by atoms with Gasteiger partial charge in [-0.2, -0.15) is 0 Å². The third kappa shape index (κ3) is 2.18. The Morgan fingerprint density at radius 2 is 2.39 bits per heavy atom. The van der Waals surface area contributed by atoms with Crippen molar-refractivity contribution in [2.45, 2.75) is 18.6 Å². The highest BCUT2D eigenvalue weighted by atomic mass is 35.5. The maximum atomic E-state index is 11.9. The first-order valence-corrected chi connectivity index (χ1v) is 6.48. The second kappa shape index (κ2) is 4.44. The van der Waals surface area contributed by atoms with Crippen LogP contribution in [-0.2, 0) is 11.3 Å². The Balaban J connectivity index is 1.72. The fraction of sp³-hybridized carbons (Fsp3) is 0.462. The van der Waals surface area contributed by atoms with E-state index in [2.05, 4.69) is 5.32 Å². The zero-order valence-corrected chi connectivity index (χ0v) is 10.7. The van der Waals surface area contributed by atoms with Crippen LogP contribution < -0.4 is 5.32 Å². The normalized spacial score (nSPS) is 26.9. The lowest BCUT2D eigenvalue weighted by molar-refractivity contribution is 0.0727. The Bertz CT molecular complexity index is 472. The predicted octanol–water partition coefficient (Wildman–Crippen LogP) is 2.02. The average molecular weight is 267 g/mol. The third-order valence-corrected chi connectivity index (χ3v) is 3.74. The Kier molecular flexibility index (Phi) is 2.92. The van der Waals surface area contributed by atoms with E-state index in [0.717, 1.165) is 25.1 Å². The van der Waals surface area contributed by atoms with Crippen LogP contribution in [0.4, 0.5) is 4.79 Å². The maximum Gasteiger partial charge on any atom is 0.410 e. The lowest BCUT2D eigenvalue weighted by Crippen LogP contribution is -2.36. The zero-order valence-electron chi connectivity index (χ0n) is 9.99. The number of hydrogen-bond acceptors (Lipinski definition) is 3. The average Bonchev–Trinajstić information content (AvgIpc) is 2.88. The summed E-state index contributed by atoms with van der Waals surface area (Å²) in [5, 5.41) is 3.94. The number of rotatable bonds is 2. The summed E-state index contributed by atoms with van der Waals surface area (Å²) < 4.78 is 5.52. The van der Waals surface area contributed by atoms with E-state index in [0.29, 0.717) is 18.1 Å². The molecule has 1 N–H and O–H groups in total. The van der Waals surface area contributed by atoms with Crippen molar-refractivity contribution in [3.63, 3.8) is 0 Å². The quantitative estimate of drug-likeness (QED) is 0.891. The Morgan fingerprint density at radius 1 is 1.50 bits per heavy atom. The standard InChI is InChI=1S/C13H15ClN2O2/c14-11-3-1-2-10(6-11)7-16-9-13(18-12(16)17)4-5-15-8-13/h1-3,6,15H,4-5,7-9H2. The molecule has 0 radical (unpaired) electrons. The van der Waals surface area contributed by atoms with E-state index in [-0.39, 0.29) is 11.7 Å². The van der Waals surface area contributed by atoms with Crippen LogP contribution >= 0.6 is 11.6 Å². The second-order valence-corrected chi connectivity index (χ2v) is 5.40. The van der Waals surface area contributed by atoms with E-state index < -0.39 is 0 Å². The van der Waals surface area contributed by atoms with Crippen molar-refractivity contribution >= 4 is 17.7 Å². The van der Waals surface area contributed by atoms with Crippen LogP contribution in [-0.4, -0.2) is 36.2 Å². The number of benzene rings is 1. The molecule has 2 heterocycles. The summed E-state index contributed by atoms with van der Waals surface area (Å²) in [6.07, 6.45) is 0.670. The van der Waals surface area contributed by atoms with Crippen LogP contribution in [0.25, 0.3) is 0 Å². The van der Waals surface area contributed by atoms with Gasteiger partial charge in [-0.1, -0.05) is 23.7 Å². The number of carbonyl (C=O) groups excluding carboxylic acids is 1. The lowest BCUT2D eigenvalue weighted by Gasteiger charge is -2.19. The number of halogens is 1. The van der Waals surface area contributed by atoms with E-state index in [4.69, 9.17) is 16.3 Å². The first-order chi connectivity index (χ1) is 8.67. The van der Waals surface area contributed by atoms with Gasteiger partial charge in [-0.05, 0) is 24.2 Å². The molecule has 0 aliphatic carbocycles.